The van der Waals surface area contributed by atoms with Crippen LogP contribution in [0.5, 0.6) is 11.5 Å². The van der Waals surface area contributed by atoms with Gasteiger partial charge in [0.1, 0.15) is 4.32 Å². The Morgan fingerprint density at radius 1 is 1.24 bits per heavy atom. The minimum absolute atomic E-state index is 0.154. The van der Waals surface area contributed by atoms with E-state index in [9.17, 15) is 9.59 Å². The number of hydrogen-bond acceptors (Lipinski definition) is 7. The Morgan fingerprint density at radius 3 is 2.67 bits per heavy atom. The average Bonchev–Trinajstić information content (AvgIpc) is 3.01. The lowest BCUT2D eigenvalue weighted by Gasteiger charge is -2.15. The van der Waals surface area contributed by atoms with E-state index >= 15 is 0 Å². The zero-order valence-electron chi connectivity index (χ0n) is 19.6. The van der Waals surface area contributed by atoms with Crippen molar-refractivity contribution in [3.05, 3.63) is 27.1 Å². The maximum Gasteiger partial charge on any atom is 0.305 e. The fourth-order valence-electron chi connectivity index (χ4n) is 2.98. The van der Waals surface area contributed by atoms with Crippen LogP contribution in [0.1, 0.15) is 58.9 Å². The first kappa shape index (κ1) is 27.7. The second-order valence-corrected chi connectivity index (χ2v) is 10.5. The van der Waals surface area contributed by atoms with Crippen LogP contribution in [-0.4, -0.2) is 47.5 Å². The van der Waals surface area contributed by atoms with Crippen LogP contribution in [-0.2, 0) is 14.3 Å². The van der Waals surface area contributed by atoms with Crippen molar-refractivity contribution in [3.8, 4) is 11.5 Å². The second kappa shape index (κ2) is 14.0. The molecule has 1 heterocycles. The molecule has 1 aliphatic heterocycles. The molecule has 0 radical (unpaired) electrons. The van der Waals surface area contributed by atoms with Gasteiger partial charge in [0.25, 0.3) is 5.91 Å². The average molecular weight is 559 g/mol. The molecule has 0 saturated carbocycles. The maximum atomic E-state index is 12.9. The summed E-state index contributed by atoms with van der Waals surface area (Å²) < 4.78 is 18.1. The summed E-state index contributed by atoms with van der Waals surface area (Å²) in [4.78, 5) is 26.7. The van der Waals surface area contributed by atoms with E-state index in [4.69, 9.17) is 26.4 Å². The van der Waals surface area contributed by atoms with E-state index in [0.717, 1.165) is 22.9 Å². The van der Waals surface area contributed by atoms with Gasteiger partial charge >= 0.3 is 5.97 Å². The lowest BCUT2D eigenvalue weighted by Crippen LogP contribution is -2.29. The smallest absolute Gasteiger partial charge is 0.305 e. The molecular formula is C24H32BrNO5S2. The number of thioether (sulfide) groups is 1. The molecule has 0 aliphatic carbocycles. The Morgan fingerprint density at radius 2 is 2.00 bits per heavy atom. The molecule has 0 unspecified atom stereocenters. The molecule has 1 aromatic rings. The molecular weight excluding hydrogens is 526 g/mol. The lowest BCUT2D eigenvalue weighted by atomic mass is 10.1. The molecule has 2 rings (SSSR count). The Hall–Kier alpha value is -1.58. The number of carbonyl (C=O) groups is 2. The molecule has 0 atom stereocenters. The van der Waals surface area contributed by atoms with E-state index in [0.29, 0.717) is 59.4 Å². The SMILES string of the molecule is CCCOC(=O)CCCN1C(=O)/C(=C\c2cc(Br)c(OCCC(C)C)c(OCC)c2)SC1=S. The van der Waals surface area contributed by atoms with Crippen molar-refractivity contribution in [2.75, 3.05) is 26.4 Å². The minimum atomic E-state index is -0.248. The fourth-order valence-corrected chi connectivity index (χ4v) is 4.87. The molecule has 1 amide bonds. The Kier molecular flexibility index (Phi) is 11.7. The number of ether oxygens (including phenoxy) is 3. The van der Waals surface area contributed by atoms with E-state index in [2.05, 4.69) is 29.8 Å². The van der Waals surface area contributed by atoms with E-state index in [1.807, 2.05) is 26.0 Å². The van der Waals surface area contributed by atoms with Gasteiger partial charge < -0.3 is 14.2 Å². The summed E-state index contributed by atoms with van der Waals surface area (Å²) in [5.74, 6) is 1.43. The van der Waals surface area contributed by atoms with Crippen molar-refractivity contribution in [3.63, 3.8) is 0 Å². The van der Waals surface area contributed by atoms with Crippen molar-refractivity contribution >= 4 is 62.2 Å². The monoisotopic (exact) mass is 557 g/mol. The molecule has 0 bridgehead atoms. The normalized spacial score (nSPS) is 15.0. The fraction of sp³-hybridized carbons (Fsp3) is 0.542. The van der Waals surface area contributed by atoms with Crippen LogP contribution in [0.2, 0.25) is 0 Å². The van der Waals surface area contributed by atoms with Gasteiger partial charge in [-0.2, -0.15) is 0 Å². The van der Waals surface area contributed by atoms with E-state index < -0.39 is 0 Å². The van der Waals surface area contributed by atoms with E-state index in [-0.39, 0.29) is 18.3 Å². The van der Waals surface area contributed by atoms with Crippen LogP contribution in [0, 0.1) is 5.92 Å². The highest BCUT2D eigenvalue weighted by atomic mass is 79.9. The predicted molar refractivity (Wildman–Crippen MR) is 141 cm³/mol. The quantitative estimate of drug-likeness (QED) is 0.162. The van der Waals surface area contributed by atoms with Crippen LogP contribution >= 0.6 is 39.9 Å². The molecule has 1 fully saturated rings. The van der Waals surface area contributed by atoms with Crippen molar-refractivity contribution in [1.29, 1.82) is 0 Å². The number of rotatable bonds is 13. The molecule has 0 aromatic heterocycles. The molecule has 0 N–H and O–H groups in total. The van der Waals surface area contributed by atoms with Gasteiger partial charge in [0, 0.05) is 13.0 Å². The first-order valence-electron chi connectivity index (χ1n) is 11.3. The van der Waals surface area contributed by atoms with Gasteiger partial charge in [-0.1, -0.05) is 44.8 Å². The zero-order valence-corrected chi connectivity index (χ0v) is 22.9. The van der Waals surface area contributed by atoms with Crippen LogP contribution < -0.4 is 9.47 Å². The molecule has 6 nitrogen and oxygen atoms in total. The summed E-state index contributed by atoms with van der Waals surface area (Å²) in [5.41, 5.74) is 0.810. The van der Waals surface area contributed by atoms with Gasteiger partial charge in [-0.3, -0.25) is 14.5 Å². The largest absolute Gasteiger partial charge is 0.490 e. The molecule has 1 aromatic carbocycles. The highest BCUT2D eigenvalue weighted by molar-refractivity contribution is 9.10. The number of halogens is 1. The summed E-state index contributed by atoms with van der Waals surface area (Å²) in [6, 6.07) is 3.78. The minimum Gasteiger partial charge on any atom is -0.490 e. The molecule has 1 saturated heterocycles. The number of amides is 1. The first-order valence-corrected chi connectivity index (χ1v) is 13.3. The number of carbonyl (C=O) groups excluding carboxylic acids is 2. The lowest BCUT2D eigenvalue weighted by molar-refractivity contribution is -0.144. The number of nitrogens with zero attached hydrogens (tertiary/aromatic N) is 1. The summed E-state index contributed by atoms with van der Waals surface area (Å²) in [6.07, 6.45) is 4.31. The van der Waals surface area contributed by atoms with Gasteiger partial charge in [-0.05, 0) is 71.8 Å². The second-order valence-electron chi connectivity index (χ2n) is 7.95. The topological polar surface area (TPSA) is 65.1 Å². The van der Waals surface area contributed by atoms with Gasteiger partial charge in [-0.15, -0.1) is 0 Å². The highest BCUT2D eigenvalue weighted by Gasteiger charge is 2.31. The molecule has 1 aliphatic rings. The number of esters is 1. The highest BCUT2D eigenvalue weighted by Crippen LogP contribution is 2.39. The van der Waals surface area contributed by atoms with E-state index in [1.165, 1.54) is 11.8 Å². The van der Waals surface area contributed by atoms with Crippen molar-refractivity contribution in [2.24, 2.45) is 5.92 Å². The standard InChI is InChI=1S/C24H32BrNO5S2/c1-5-11-30-21(27)8-7-10-26-23(28)20(33-24(26)32)15-17-13-18(25)22(19(14-17)29-6-2)31-12-9-16(3)4/h13-16H,5-12H2,1-4H3/b20-15+. The van der Waals surface area contributed by atoms with Gasteiger partial charge in [0.2, 0.25) is 0 Å². The third-order valence-corrected chi connectivity index (χ3v) is 6.64. The van der Waals surface area contributed by atoms with Crippen molar-refractivity contribution in [2.45, 2.75) is 53.4 Å². The Bertz CT molecular complexity index is 888. The number of benzene rings is 1. The molecule has 9 heteroatoms. The molecule has 182 valence electrons. The Labute approximate surface area is 214 Å². The Balaban J connectivity index is 2.10. The van der Waals surface area contributed by atoms with E-state index in [1.54, 1.807) is 11.0 Å². The number of hydrogen-bond donors (Lipinski definition) is 0. The third-order valence-electron chi connectivity index (χ3n) is 4.67. The summed E-state index contributed by atoms with van der Waals surface area (Å²) in [6.45, 7) is 10.1. The van der Waals surface area contributed by atoms with Gasteiger partial charge in [0.05, 0.1) is 29.2 Å². The summed E-state index contributed by atoms with van der Waals surface area (Å²) >= 11 is 10.2. The van der Waals surface area contributed by atoms with Crippen LogP contribution in [0.25, 0.3) is 6.08 Å². The van der Waals surface area contributed by atoms with Crippen LogP contribution in [0.15, 0.2) is 21.5 Å². The van der Waals surface area contributed by atoms with Crippen LogP contribution in [0.4, 0.5) is 0 Å². The number of thiocarbonyl (C=S) groups is 1. The first-order chi connectivity index (χ1) is 15.8. The van der Waals surface area contributed by atoms with Gasteiger partial charge in [0.15, 0.2) is 11.5 Å². The maximum absolute atomic E-state index is 12.9. The van der Waals surface area contributed by atoms with Gasteiger partial charge in [-0.25, -0.2) is 0 Å². The van der Waals surface area contributed by atoms with Crippen molar-refractivity contribution in [1.82, 2.24) is 4.90 Å². The molecule has 33 heavy (non-hydrogen) atoms. The third kappa shape index (κ3) is 8.61. The predicted octanol–water partition coefficient (Wildman–Crippen LogP) is 6.21. The summed E-state index contributed by atoms with van der Waals surface area (Å²) in [7, 11) is 0. The molecule has 0 spiro atoms. The zero-order chi connectivity index (χ0) is 24.4. The van der Waals surface area contributed by atoms with Crippen molar-refractivity contribution < 1.29 is 23.8 Å². The summed E-state index contributed by atoms with van der Waals surface area (Å²) in [5, 5.41) is 0. The van der Waals surface area contributed by atoms with Crippen LogP contribution in [0.3, 0.4) is 0 Å².